The molecule has 26 heavy (non-hydrogen) atoms. The second-order valence-corrected chi connectivity index (χ2v) is 5.94. The fourth-order valence-corrected chi connectivity index (χ4v) is 2.78. The first kappa shape index (κ1) is 15.8. The Morgan fingerprint density at radius 1 is 1.04 bits per heavy atom. The number of carbonyl (C=O) groups excluding carboxylic acids is 1. The summed E-state index contributed by atoms with van der Waals surface area (Å²) >= 11 is 0. The minimum atomic E-state index is -0.157. The van der Waals surface area contributed by atoms with E-state index in [0.29, 0.717) is 5.56 Å². The van der Waals surface area contributed by atoms with Crippen molar-refractivity contribution in [2.75, 3.05) is 5.32 Å². The van der Waals surface area contributed by atoms with E-state index in [1.165, 1.54) is 0 Å². The number of aromatic nitrogens is 4. The average molecular weight is 343 g/mol. The molecule has 4 rings (SSSR count). The minimum Gasteiger partial charge on any atom is -0.322 e. The van der Waals surface area contributed by atoms with Crippen LogP contribution in [0.5, 0.6) is 0 Å². The standard InChI is InChI=1S/C20H17N5O/c1-14-9-12-22-25(14)18-7-5-15(6-8-18)20(26)23-17-4-2-3-16(13-17)19-10-11-21-24-19/h2-13H,1H3,(H,21,24)(H,23,26). The van der Waals surface area contributed by atoms with Gasteiger partial charge >= 0.3 is 0 Å². The first-order chi connectivity index (χ1) is 12.7. The lowest BCUT2D eigenvalue weighted by molar-refractivity contribution is 0.102. The summed E-state index contributed by atoms with van der Waals surface area (Å²) in [5.41, 5.74) is 5.15. The number of carbonyl (C=O) groups is 1. The Bertz CT molecular complexity index is 1030. The van der Waals surface area contributed by atoms with Gasteiger partial charge in [0.2, 0.25) is 0 Å². The predicted octanol–water partition coefficient (Wildman–Crippen LogP) is 3.82. The van der Waals surface area contributed by atoms with Gasteiger partial charge in [-0.3, -0.25) is 9.89 Å². The van der Waals surface area contributed by atoms with Gasteiger partial charge in [0.25, 0.3) is 5.91 Å². The Labute approximate surface area is 150 Å². The van der Waals surface area contributed by atoms with Crippen LogP contribution in [-0.2, 0) is 0 Å². The van der Waals surface area contributed by atoms with Gasteiger partial charge in [-0.05, 0) is 55.5 Å². The molecule has 2 heterocycles. The van der Waals surface area contributed by atoms with Gasteiger partial charge in [0.05, 0.1) is 11.4 Å². The molecule has 0 aliphatic heterocycles. The largest absolute Gasteiger partial charge is 0.322 e. The number of rotatable bonds is 4. The van der Waals surface area contributed by atoms with Crippen molar-refractivity contribution in [3.63, 3.8) is 0 Å². The average Bonchev–Trinajstić information content (AvgIpc) is 3.34. The number of amides is 1. The number of aromatic amines is 1. The highest BCUT2D eigenvalue weighted by Gasteiger charge is 2.08. The zero-order valence-corrected chi connectivity index (χ0v) is 14.2. The number of hydrogen-bond acceptors (Lipinski definition) is 3. The molecule has 0 fully saturated rings. The van der Waals surface area contributed by atoms with Gasteiger partial charge < -0.3 is 5.32 Å². The fourth-order valence-electron chi connectivity index (χ4n) is 2.78. The lowest BCUT2D eigenvalue weighted by Gasteiger charge is -2.08. The molecule has 0 aliphatic carbocycles. The molecule has 0 spiro atoms. The Hall–Kier alpha value is -3.67. The lowest BCUT2D eigenvalue weighted by Crippen LogP contribution is -2.12. The summed E-state index contributed by atoms with van der Waals surface area (Å²) in [6.45, 7) is 1.99. The van der Waals surface area contributed by atoms with Gasteiger partial charge in [-0.25, -0.2) is 4.68 Å². The molecule has 0 atom stereocenters. The van der Waals surface area contributed by atoms with E-state index in [1.54, 1.807) is 24.5 Å². The second kappa shape index (κ2) is 6.68. The van der Waals surface area contributed by atoms with Crippen molar-refractivity contribution in [1.82, 2.24) is 20.0 Å². The van der Waals surface area contributed by atoms with Gasteiger partial charge in [0.1, 0.15) is 0 Å². The normalized spacial score (nSPS) is 10.7. The van der Waals surface area contributed by atoms with Crippen LogP contribution >= 0.6 is 0 Å². The van der Waals surface area contributed by atoms with Gasteiger partial charge in [0.15, 0.2) is 0 Å². The van der Waals surface area contributed by atoms with E-state index in [9.17, 15) is 4.79 Å². The van der Waals surface area contributed by atoms with Crippen LogP contribution in [0, 0.1) is 6.92 Å². The molecule has 0 radical (unpaired) electrons. The third-order valence-electron chi connectivity index (χ3n) is 4.14. The van der Waals surface area contributed by atoms with Crippen molar-refractivity contribution >= 4 is 11.6 Å². The van der Waals surface area contributed by atoms with Crippen molar-refractivity contribution < 1.29 is 4.79 Å². The molecule has 2 N–H and O–H groups in total. The summed E-state index contributed by atoms with van der Waals surface area (Å²) in [6.07, 6.45) is 3.45. The van der Waals surface area contributed by atoms with Crippen molar-refractivity contribution in [1.29, 1.82) is 0 Å². The van der Waals surface area contributed by atoms with Crippen LogP contribution in [0.3, 0.4) is 0 Å². The van der Waals surface area contributed by atoms with E-state index in [-0.39, 0.29) is 5.91 Å². The highest BCUT2D eigenvalue weighted by molar-refractivity contribution is 6.04. The molecule has 128 valence electrons. The molecule has 6 heteroatoms. The first-order valence-corrected chi connectivity index (χ1v) is 8.23. The van der Waals surface area contributed by atoms with Crippen LogP contribution in [0.4, 0.5) is 5.69 Å². The van der Waals surface area contributed by atoms with Crippen LogP contribution in [-0.4, -0.2) is 25.9 Å². The molecular weight excluding hydrogens is 326 g/mol. The number of nitrogens with one attached hydrogen (secondary N) is 2. The summed E-state index contributed by atoms with van der Waals surface area (Å²) < 4.78 is 1.83. The summed E-state index contributed by atoms with van der Waals surface area (Å²) in [4.78, 5) is 12.5. The molecule has 0 saturated heterocycles. The van der Waals surface area contributed by atoms with Crippen molar-refractivity contribution in [3.05, 3.63) is 84.3 Å². The van der Waals surface area contributed by atoms with Gasteiger partial charge in [-0.1, -0.05) is 12.1 Å². The Balaban J connectivity index is 1.52. The summed E-state index contributed by atoms with van der Waals surface area (Å²) in [6, 6.07) is 18.8. The van der Waals surface area contributed by atoms with E-state index in [4.69, 9.17) is 0 Å². The van der Waals surface area contributed by atoms with Gasteiger partial charge in [-0.15, -0.1) is 0 Å². The molecule has 0 unspecified atom stereocenters. The number of benzene rings is 2. The summed E-state index contributed by atoms with van der Waals surface area (Å²) in [5, 5.41) is 14.1. The predicted molar refractivity (Wildman–Crippen MR) is 100 cm³/mol. The van der Waals surface area contributed by atoms with Crippen molar-refractivity contribution in [3.8, 4) is 16.9 Å². The number of hydrogen-bond donors (Lipinski definition) is 2. The maximum absolute atomic E-state index is 12.5. The molecule has 6 nitrogen and oxygen atoms in total. The van der Waals surface area contributed by atoms with Gasteiger partial charge in [-0.2, -0.15) is 10.2 Å². The summed E-state index contributed by atoms with van der Waals surface area (Å²) in [5.74, 6) is -0.157. The Morgan fingerprint density at radius 2 is 1.88 bits per heavy atom. The molecule has 0 aliphatic rings. The monoisotopic (exact) mass is 343 g/mol. The molecule has 4 aromatic rings. The number of H-pyrrole nitrogens is 1. The minimum absolute atomic E-state index is 0.157. The fraction of sp³-hybridized carbons (Fsp3) is 0.0500. The topological polar surface area (TPSA) is 75.6 Å². The third kappa shape index (κ3) is 3.12. The van der Waals surface area contributed by atoms with E-state index < -0.39 is 0 Å². The summed E-state index contributed by atoms with van der Waals surface area (Å²) in [7, 11) is 0. The van der Waals surface area contributed by atoms with E-state index in [1.807, 2.05) is 60.1 Å². The zero-order chi connectivity index (χ0) is 17.9. The van der Waals surface area contributed by atoms with Crippen molar-refractivity contribution in [2.24, 2.45) is 0 Å². The quantitative estimate of drug-likeness (QED) is 0.591. The molecule has 0 saturated carbocycles. The van der Waals surface area contributed by atoms with Crippen LogP contribution in [0.15, 0.2) is 73.1 Å². The molecule has 0 bridgehead atoms. The Morgan fingerprint density at radius 3 is 2.58 bits per heavy atom. The second-order valence-electron chi connectivity index (χ2n) is 5.94. The maximum Gasteiger partial charge on any atom is 0.255 e. The first-order valence-electron chi connectivity index (χ1n) is 8.23. The highest BCUT2D eigenvalue weighted by atomic mass is 16.1. The van der Waals surface area contributed by atoms with E-state index >= 15 is 0 Å². The van der Waals surface area contributed by atoms with E-state index in [0.717, 1.165) is 28.3 Å². The SMILES string of the molecule is Cc1ccnn1-c1ccc(C(=O)Nc2cccc(-c3ccn[nH]3)c2)cc1. The third-order valence-corrected chi connectivity index (χ3v) is 4.14. The lowest BCUT2D eigenvalue weighted by atomic mass is 10.1. The van der Waals surface area contributed by atoms with E-state index in [2.05, 4.69) is 20.6 Å². The van der Waals surface area contributed by atoms with Crippen LogP contribution < -0.4 is 5.32 Å². The number of anilines is 1. The van der Waals surface area contributed by atoms with Crippen molar-refractivity contribution in [2.45, 2.75) is 6.92 Å². The van der Waals surface area contributed by atoms with Crippen LogP contribution in [0.25, 0.3) is 16.9 Å². The highest BCUT2D eigenvalue weighted by Crippen LogP contribution is 2.21. The smallest absolute Gasteiger partial charge is 0.255 e. The zero-order valence-electron chi connectivity index (χ0n) is 14.2. The number of nitrogens with zero attached hydrogens (tertiary/aromatic N) is 3. The Kier molecular flexibility index (Phi) is 4.07. The maximum atomic E-state index is 12.5. The van der Waals surface area contributed by atoms with Crippen LogP contribution in [0.2, 0.25) is 0 Å². The molecule has 2 aromatic carbocycles. The molecule has 2 aromatic heterocycles. The van der Waals surface area contributed by atoms with Gasteiger partial charge in [0, 0.05) is 34.9 Å². The molecule has 1 amide bonds. The number of aryl methyl sites for hydroxylation is 1. The van der Waals surface area contributed by atoms with Crippen LogP contribution in [0.1, 0.15) is 16.1 Å². The molecular formula is C20H17N5O.